The molecule has 4 heteroatoms. The maximum absolute atomic E-state index is 10.9. The van der Waals surface area contributed by atoms with E-state index in [9.17, 15) is 4.79 Å². The first kappa shape index (κ1) is 13.6. The number of nitrogens with one attached hydrogen (secondary N) is 1. The molecule has 0 saturated carbocycles. The Bertz CT molecular complexity index is 404. The predicted molar refractivity (Wildman–Crippen MR) is 75.8 cm³/mol. The van der Waals surface area contributed by atoms with Crippen molar-refractivity contribution in [2.24, 2.45) is 5.73 Å². The fourth-order valence-corrected chi connectivity index (χ4v) is 3.87. The van der Waals surface area contributed by atoms with Gasteiger partial charge in [-0.15, -0.1) is 11.3 Å². The fourth-order valence-electron chi connectivity index (χ4n) is 2.60. The van der Waals surface area contributed by atoms with Crippen LogP contribution in [0.15, 0.2) is 6.07 Å². The third kappa shape index (κ3) is 3.33. The number of nitrogens with two attached hydrogens (primary N) is 1. The number of fused-ring (bicyclic) bond motifs is 1. The summed E-state index contributed by atoms with van der Waals surface area (Å²) in [5.41, 5.74) is 6.75. The molecule has 0 radical (unpaired) electrons. The third-order valence-electron chi connectivity index (χ3n) is 3.48. The number of hydrogen-bond acceptors (Lipinski definition) is 3. The quantitative estimate of drug-likeness (QED) is 0.860. The van der Waals surface area contributed by atoms with Crippen LogP contribution in [0.4, 0.5) is 0 Å². The van der Waals surface area contributed by atoms with E-state index >= 15 is 0 Å². The minimum absolute atomic E-state index is 0.136. The Morgan fingerprint density at radius 1 is 1.44 bits per heavy atom. The maximum atomic E-state index is 10.9. The number of hydrogen-bond donors (Lipinski definition) is 2. The second-order valence-corrected chi connectivity index (χ2v) is 6.43. The van der Waals surface area contributed by atoms with E-state index in [0.29, 0.717) is 12.5 Å². The highest BCUT2D eigenvalue weighted by molar-refractivity contribution is 7.12. The Kier molecular flexibility index (Phi) is 4.40. The normalized spacial score (nSPS) is 18.1. The average Bonchev–Trinajstić information content (AvgIpc) is 2.71. The molecule has 3 N–H and O–H groups in total. The number of aryl methyl sites for hydroxylation is 2. The van der Waals surface area contributed by atoms with E-state index in [-0.39, 0.29) is 11.9 Å². The Morgan fingerprint density at radius 3 is 2.83 bits per heavy atom. The molecule has 1 aliphatic carbocycles. The van der Waals surface area contributed by atoms with Crippen molar-refractivity contribution < 1.29 is 4.79 Å². The lowest BCUT2D eigenvalue weighted by atomic mass is 9.99. The van der Waals surface area contributed by atoms with Crippen LogP contribution in [0.1, 0.15) is 54.5 Å². The highest BCUT2D eigenvalue weighted by atomic mass is 32.1. The van der Waals surface area contributed by atoms with Crippen LogP contribution in [-0.4, -0.2) is 11.9 Å². The molecule has 0 spiro atoms. The van der Waals surface area contributed by atoms with E-state index in [1.807, 2.05) is 18.3 Å². The highest BCUT2D eigenvalue weighted by Crippen LogP contribution is 2.32. The molecule has 1 aromatic rings. The van der Waals surface area contributed by atoms with Crippen molar-refractivity contribution in [2.75, 3.05) is 0 Å². The molecule has 1 amide bonds. The largest absolute Gasteiger partial charge is 0.370 e. The van der Waals surface area contributed by atoms with Gasteiger partial charge >= 0.3 is 0 Å². The molecule has 1 aromatic heterocycles. The zero-order valence-corrected chi connectivity index (χ0v) is 12.0. The minimum atomic E-state index is -0.243. The van der Waals surface area contributed by atoms with Gasteiger partial charge in [-0.05, 0) is 51.2 Å². The molecule has 1 aliphatic rings. The van der Waals surface area contributed by atoms with Crippen LogP contribution in [0.25, 0.3) is 0 Å². The van der Waals surface area contributed by atoms with E-state index in [1.54, 1.807) is 4.88 Å². The van der Waals surface area contributed by atoms with Crippen LogP contribution in [0.5, 0.6) is 0 Å². The molecule has 3 nitrogen and oxygen atoms in total. The summed E-state index contributed by atoms with van der Waals surface area (Å²) in [7, 11) is 0. The monoisotopic (exact) mass is 266 g/mol. The Labute approximate surface area is 113 Å². The topological polar surface area (TPSA) is 55.1 Å². The molecule has 2 atom stereocenters. The molecule has 2 unspecified atom stereocenters. The molecular formula is C14H22N2OS. The van der Waals surface area contributed by atoms with Crippen LogP contribution in [-0.2, 0) is 17.6 Å². The predicted octanol–water partition coefficient (Wildman–Crippen LogP) is 2.54. The third-order valence-corrected chi connectivity index (χ3v) is 4.90. The van der Waals surface area contributed by atoms with Gasteiger partial charge < -0.3 is 11.1 Å². The number of rotatable bonds is 5. The van der Waals surface area contributed by atoms with Crippen LogP contribution in [0.3, 0.4) is 0 Å². The van der Waals surface area contributed by atoms with Gasteiger partial charge in [0.05, 0.1) is 0 Å². The SMILES string of the molecule is CC(CC(N)=O)NC(C)c1cc2c(s1)CCCC2. The van der Waals surface area contributed by atoms with Gasteiger partial charge in [-0.25, -0.2) is 0 Å². The van der Waals surface area contributed by atoms with Gasteiger partial charge in [0.1, 0.15) is 0 Å². The number of primary amides is 1. The summed E-state index contributed by atoms with van der Waals surface area (Å²) in [5.74, 6) is -0.243. The molecule has 0 saturated heterocycles. The van der Waals surface area contributed by atoms with E-state index in [2.05, 4.69) is 18.3 Å². The van der Waals surface area contributed by atoms with Crippen molar-refractivity contribution in [3.05, 3.63) is 21.4 Å². The first-order valence-corrected chi connectivity index (χ1v) is 7.53. The van der Waals surface area contributed by atoms with Gasteiger partial charge in [0.15, 0.2) is 0 Å². The van der Waals surface area contributed by atoms with Crippen LogP contribution in [0, 0.1) is 0 Å². The zero-order chi connectivity index (χ0) is 13.1. The van der Waals surface area contributed by atoms with Crippen molar-refractivity contribution in [3.8, 4) is 0 Å². The van der Waals surface area contributed by atoms with Gasteiger partial charge in [-0.1, -0.05) is 0 Å². The van der Waals surface area contributed by atoms with Gasteiger partial charge in [-0.2, -0.15) is 0 Å². The number of amides is 1. The van der Waals surface area contributed by atoms with E-state index in [0.717, 1.165) is 0 Å². The zero-order valence-electron chi connectivity index (χ0n) is 11.2. The fraction of sp³-hybridized carbons (Fsp3) is 0.643. The summed E-state index contributed by atoms with van der Waals surface area (Å²) in [6.45, 7) is 4.17. The Morgan fingerprint density at radius 2 is 2.17 bits per heavy atom. The van der Waals surface area contributed by atoms with E-state index < -0.39 is 0 Å². The highest BCUT2D eigenvalue weighted by Gasteiger charge is 2.18. The van der Waals surface area contributed by atoms with Crippen molar-refractivity contribution >= 4 is 17.2 Å². The summed E-state index contributed by atoms with van der Waals surface area (Å²) < 4.78 is 0. The summed E-state index contributed by atoms with van der Waals surface area (Å²) in [6.07, 6.45) is 5.52. The summed E-state index contributed by atoms with van der Waals surface area (Å²) in [6, 6.07) is 2.78. The van der Waals surface area contributed by atoms with Gasteiger partial charge in [0.2, 0.25) is 5.91 Å². The maximum Gasteiger partial charge on any atom is 0.218 e. The molecule has 1 heterocycles. The summed E-state index contributed by atoms with van der Waals surface area (Å²) in [5, 5.41) is 3.45. The van der Waals surface area contributed by atoms with Gasteiger partial charge in [0.25, 0.3) is 0 Å². The molecule has 0 fully saturated rings. The number of thiophene rings is 1. The Hall–Kier alpha value is -0.870. The van der Waals surface area contributed by atoms with Gasteiger partial charge in [-0.3, -0.25) is 4.79 Å². The lowest BCUT2D eigenvalue weighted by Crippen LogP contribution is -2.32. The van der Waals surface area contributed by atoms with Crippen LogP contribution in [0.2, 0.25) is 0 Å². The first-order chi connectivity index (χ1) is 8.56. The number of carbonyl (C=O) groups excluding carboxylic acids is 1. The lowest BCUT2D eigenvalue weighted by Gasteiger charge is -2.17. The second kappa shape index (κ2) is 5.85. The smallest absolute Gasteiger partial charge is 0.218 e. The average molecular weight is 266 g/mol. The van der Waals surface area contributed by atoms with Crippen LogP contribution < -0.4 is 11.1 Å². The molecule has 0 bridgehead atoms. The molecule has 2 rings (SSSR count). The van der Waals surface area contributed by atoms with Crippen molar-refractivity contribution in [1.29, 1.82) is 0 Å². The van der Waals surface area contributed by atoms with Crippen LogP contribution >= 0.6 is 11.3 Å². The molecule has 18 heavy (non-hydrogen) atoms. The molecule has 100 valence electrons. The number of carbonyl (C=O) groups is 1. The van der Waals surface area contributed by atoms with Crippen molar-refractivity contribution in [1.82, 2.24) is 5.32 Å². The second-order valence-electron chi connectivity index (χ2n) is 5.26. The lowest BCUT2D eigenvalue weighted by molar-refractivity contribution is -0.118. The van der Waals surface area contributed by atoms with Crippen molar-refractivity contribution in [3.63, 3.8) is 0 Å². The standard InChI is InChI=1S/C14H22N2OS/c1-9(7-14(15)17)16-10(2)13-8-11-5-3-4-6-12(11)18-13/h8-10,16H,3-7H2,1-2H3,(H2,15,17). The minimum Gasteiger partial charge on any atom is -0.370 e. The molecule has 0 aliphatic heterocycles. The molecular weight excluding hydrogens is 244 g/mol. The van der Waals surface area contributed by atoms with E-state index in [4.69, 9.17) is 5.73 Å². The molecule has 0 aromatic carbocycles. The van der Waals surface area contributed by atoms with Crippen molar-refractivity contribution in [2.45, 2.75) is 58.0 Å². The first-order valence-electron chi connectivity index (χ1n) is 6.72. The van der Waals surface area contributed by atoms with Gasteiger partial charge in [0, 0.05) is 28.3 Å². The summed E-state index contributed by atoms with van der Waals surface area (Å²) in [4.78, 5) is 13.8. The Balaban J connectivity index is 1.98. The summed E-state index contributed by atoms with van der Waals surface area (Å²) >= 11 is 1.93. The van der Waals surface area contributed by atoms with E-state index in [1.165, 1.54) is 36.1 Å².